The maximum Gasteiger partial charge on any atom is 0.534 e. The molecule has 10 heteroatoms. The number of aromatic nitrogens is 1. The minimum Gasteiger partial charge on any atom is -0.354 e. The van der Waals surface area contributed by atoms with Crippen molar-refractivity contribution < 1.29 is 30.6 Å². The molecule has 0 bridgehead atoms. The SMILES string of the molecule is C/C(=C\C=O)c1nc(OS(=O)(=O)C(F)(F)F)cs1. The summed E-state index contributed by atoms with van der Waals surface area (Å²) in [6.45, 7) is 1.50. The van der Waals surface area contributed by atoms with Crippen LogP contribution >= 0.6 is 11.3 Å². The summed E-state index contributed by atoms with van der Waals surface area (Å²) in [6.07, 6.45) is 1.62. The number of nitrogens with zero attached hydrogens (tertiary/aromatic N) is 1. The summed E-state index contributed by atoms with van der Waals surface area (Å²) < 4.78 is 61.2. The van der Waals surface area contributed by atoms with Crippen LogP contribution in [0, 0.1) is 0 Å². The van der Waals surface area contributed by atoms with Crippen LogP contribution in [-0.2, 0) is 14.9 Å². The molecule has 0 unspecified atom stereocenters. The first-order valence-electron chi connectivity index (χ1n) is 4.26. The highest BCUT2D eigenvalue weighted by molar-refractivity contribution is 7.88. The Kier molecular flexibility index (Phi) is 4.12. The number of allylic oxidation sites excluding steroid dienone is 2. The lowest BCUT2D eigenvalue weighted by Crippen LogP contribution is -2.28. The van der Waals surface area contributed by atoms with E-state index in [2.05, 4.69) is 9.17 Å². The lowest BCUT2D eigenvalue weighted by atomic mass is 10.3. The zero-order chi connectivity index (χ0) is 14.0. The van der Waals surface area contributed by atoms with Gasteiger partial charge in [-0.1, -0.05) is 0 Å². The van der Waals surface area contributed by atoms with E-state index in [4.69, 9.17) is 0 Å². The molecule has 0 radical (unpaired) electrons. The smallest absolute Gasteiger partial charge is 0.354 e. The first-order valence-corrected chi connectivity index (χ1v) is 6.55. The van der Waals surface area contributed by atoms with Gasteiger partial charge in [-0.25, -0.2) is 4.98 Å². The van der Waals surface area contributed by atoms with E-state index in [0.29, 0.717) is 11.9 Å². The number of halogens is 3. The molecule has 0 saturated heterocycles. The van der Waals surface area contributed by atoms with Crippen LogP contribution in [0.15, 0.2) is 11.5 Å². The number of carbonyl (C=O) groups excluding carboxylic acids is 1. The van der Waals surface area contributed by atoms with E-state index in [9.17, 15) is 26.4 Å². The fourth-order valence-corrected chi connectivity index (χ4v) is 1.99. The van der Waals surface area contributed by atoms with Gasteiger partial charge in [0.1, 0.15) is 11.3 Å². The van der Waals surface area contributed by atoms with E-state index in [-0.39, 0.29) is 5.01 Å². The minimum atomic E-state index is -5.72. The van der Waals surface area contributed by atoms with E-state index in [1.807, 2.05) is 0 Å². The largest absolute Gasteiger partial charge is 0.534 e. The number of hydrogen-bond acceptors (Lipinski definition) is 6. The average molecular weight is 301 g/mol. The fourth-order valence-electron chi connectivity index (χ4n) is 0.811. The maximum absolute atomic E-state index is 12.0. The molecular formula is C8H6F3NO4S2. The summed E-state index contributed by atoms with van der Waals surface area (Å²) in [5, 5.41) is 1.19. The number of carbonyl (C=O) groups is 1. The minimum absolute atomic E-state index is 0.189. The molecule has 0 N–H and O–H groups in total. The van der Waals surface area contributed by atoms with Gasteiger partial charge in [-0.2, -0.15) is 21.6 Å². The first-order chi connectivity index (χ1) is 8.17. The summed E-state index contributed by atoms with van der Waals surface area (Å²) >= 11 is 0.854. The molecule has 100 valence electrons. The van der Waals surface area contributed by atoms with Gasteiger partial charge in [0.05, 0.1) is 5.38 Å². The van der Waals surface area contributed by atoms with Gasteiger partial charge in [0.2, 0.25) is 5.88 Å². The van der Waals surface area contributed by atoms with E-state index in [1.54, 1.807) is 0 Å². The van der Waals surface area contributed by atoms with Gasteiger partial charge < -0.3 is 4.18 Å². The third kappa shape index (κ3) is 3.29. The lowest BCUT2D eigenvalue weighted by Gasteiger charge is -2.06. The highest BCUT2D eigenvalue weighted by atomic mass is 32.2. The summed E-state index contributed by atoms with van der Waals surface area (Å²) in [5.74, 6) is -0.689. The molecule has 0 aromatic carbocycles. The van der Waals surface area contributed by atoms with Gasteiger partial charge in [0.25, 0.3) is 0 Å². The summed E-state index contributed by atoms with van der Waals surface area (Å²) in [6, 6.07) is 0. The third-order valence-corrected chi connectivity index (χ3v) is 3.53. The Balaban J connectivity index is 2.96. The summed E-state index contributed by atoms with van der Waals surface area (Å²) in [5.41, 5.74) is -5.13. The van der Waals surface area contributed by atoms with E-state index < -0.39 is 21.5 Å². The fraction of sp³-hybridized carbons (Fsp3) is 0.250. The van der Waals surface area contributed by atoms with Crippen molar-refractivity contribution in [3.05, 3.63) is 16.5 Å². The molecule has 18 heavy (non-hydrogen) atoms. The molecule has 1 heterocycles. The molecule has 0 atom stereocenters. The van der Waals surface area contributed by atoms with Crippen molar-refractivity contribution in [1.29, 1.82) is 0 Å². The molecule has 0 spiro atoms. The second-order valence-corrected chi connectivity index (χ2v) is 5.36. The van der Waals surface area contributed by atoms with Gasteiger partial charge in [-0.15, -0.1) is 11.3 Å². The molecular weight excluding hydrogens is 295 g/mol. The van der Waals surface area contributed by atoms with Gasteiger partial charge in [0, 0.05) is 0 Å². The second-order valence-electron chi connectivity index (χ2n) is 2.96. The predicted molar refractivity (Wildman–Crippen MR) is 57.4 cm³/mol. The van der Waals surface area contributed by atoms with Crippen LogP contribution in [0.2, 0.25) is 0 Å². The van der Waals surface area contributed by atoms with E-state index in [0.717, 1.165) is 22.8 Å². The number of thiazole rings is 1. The number of hydrogen-bond donors (Lipinski definition) is 0. The quantitative estimate of drug-likeness (QED) is 0.368. The molecule has 1 aromatic heterocycles. The van der Waals surface area contributed by atoms with Crippen LogP contribution in [0.4, 0.5) is 13.2 Å². The zero-order valence-electron chi connectivity index (χ0n) is 8.76. The second kappa shape index (κ2) is 5.06. The zero-order valence-corrected chi connectivity index (χ0v) is 10.4. The van der Waals surface area contributed by atoms with E-state index >= 15 is 0 Å². The Morgan fingerprint density at radius 2 is 2.11 bits per heavy atom. The number of rotatable bonds is 4. The maximum atomic E-state index is 12.0. The molecule has 0 aliphatic heterocycles. The molecule has 0 amide bonds. The highest BCUT2D eigenvalue weighted by Crippen LogP contribution is 2.29. The Labute approximate surface area is 104 Å². The molecule has 0 saturated carbocycles. The normalized spacial score (nSPS) is 13.4. The molecule has 0 aliphatic rings. The van der Waals surface area contributed by atoms with Crippen LogP contribution in [0.1, 0.15) is 11.9 Å². The Bertz CT molecular complexity index is 573. The van der Waals surface area contributed by atoms with Crippen LogP contribution in [0.25, 0.3) is 5.57 Å². The van der Waals surface area contributed by atoms with Gasteiger partial charge >= 0.3 is 15.6 Å². The Morgan fingerprint density at radius 3 is 2.61 bits per heavy atom. The van der Waals surface area contributed by atoms with Gasteiger partial charge in [0.15, 0.2) is 0 Å². The van der Waals surface area contributed by atoms with Gasteiger partial charge in [-0.05, 0) is 18.6 Å². The van der Waals surface area contributed by atoms with Crippen molar-refractivity contribution in [3.8, 4) is 5.88 Å². The van der Waals surface area contributed by atoms with Crippen molar-refractivity contribution in [2.75, 3.05) is 0 Å². The summed E-state index contributed by atoms with van der Waals surface area (Å²) in [4.78, 5) is 13.7. The Hall–Kier alpha value is -1.42. The molecule has 1 rings (SSSR count). The topological polar surface area (TPSA) is 73.3 Å². The van der Waals surface area contributed by atoms with Crippen molar-refractivity contribution in [1.82, 2.24) is 4.98 Å². The van der Waals surface area contributed by atoms with Crippen molar-refractivity contribution in [3.63, 3.8) is 0 Å². The molecule has 5 nitrogen and oxygen atoms in total. The van der Waals surface area contributed by atoms with Crippen LogP contribution < -0.4 is 4.18 Å². The van der Waals surface area contributed by atoms with Crippen LogP contribution in [-0.4, -0.2) is 25.2 Å². The van der Waals surface area contributed by atoms with Crippen LogP contribution in [0.5, 0.6) is 5.88 Å². The number of alkyl halides is 3. The Morgan fingerprint density at radius 1 is 1.50 bits per heavy atom. The third-order valence-electron chi connectivity index (χ3n) is 1.62. The predicted octanol–water partition coefficient (Wildman–Crippen LogP) is 1.97. The van der Waals surface area contributed by atoms with Crippen molar-refractivity contribution in [2.24, 2.45) is 0 Å². The average Bonchev–Trinajstić information content (AvgIpc) is 2.64. The standard InChI is InChI=1S/C8H6F3NO4S2/c1-5(2-3-13)7-12-6(4-17-7)16-18(14,15)8(9,10)11/h2-4H,1H3/b5-2+. The summed E-state index contributed by atoms with van der Waals surface area (Å²) in [7, 11) is -5.72. The van der Waals surface area contributed by atoms with E-state index in [1.165, 1.54) is 6.92 Å². The highest BCUT2D eigenvalue weighted by Gasteiger charge is 2.49. The molecule has 0 aliphatic carbocycles. The molecule has 0 fully saturated rings. The van der Waals surface area contributed by atoms with Crippen molar-refractivity contribution >= 4 is 33.3 Å². The monoisotopic (exact) mass is 301 g/mol. The van der Waals surface area contributed by atoms with Crippen molar-refractivity contribution in [2.45, 2.75) is 12.4 Å². The van der Waals surface area contributed by atoms with Crippen LogP contribution in [0.3, 0.4) is 0 Å². The molecule has 1 aromatic rings. The number of aldehydes is 1. The lowest BCUT2D eigenvalue weighted by molar-refractivity contribution is -0.104. The van der Waals surface area contributed by atoms with Gasteiger partial charge in [-0.3, -0.25) is 4.79 Å². The first kappa shape index (κ1) is 14.6.